The van der Waals surface area contributed by atoms with Crippen LogP contribution in [0.5, 0.6) is 0 Å². The molecule has 0 spiro atoms. The second-order valence-corrected chi connectivity index (χ2v) is 5.70. The summed E-state index contributed by atoms with van der Waals surface area (Å²) >= 11 is 6.18. The highest BCUT2D eigenvalue weighted by Gasteiger charge is 2.32. The maximum absolute atomic E-state index is 12.7. The third-order valence-electron chi connectivity index (χ3n) is 3.08. The van der Waals surface area contributed by atoms with Crippen LogP contribution in [0.3, 0.4) is 0 Å². The van der Waals surface area contributed by atoms with Gasteiger partial charge in [0.05, 0.1) is 0 Å². The predicted octanol–water partition coefficient (Wildman–Crippen LogP) is 4.62. The van der Waals surface area contributed by atoms with Crippen LogP contribution in [0.15, 0.2) is 18.2 Å². The number of anilines is 1. The zero-order chi connectivity index (χ0) is 16.0. The Morgan fingerprint density at radius 2 is 1.95 bits per heavy atom. The largest absolute Gasteiger partial charge is 0.405 e. The lowest BCUT2D eigenvalue weighted by Gasteiger charge is -2.30. The first kappa shape index (κ1) is 18.1. The summed E-state index contributed by atoms with van der Waals surface area (Å²) in [6.45, 7) is 6.05. The van der Waals surface area contributed by atoms with Crippen molar-refractivity contribution in [2.75, 3.05) is 18.0 Å². The van der Waals surface area contributed by atoms with E-state index in [1.54, 1.807) is 32.0 Å². The fraction of sp³-hybridized carbons (Fsp3) is 0.600. The molecule has 0 bridgehead atoms. The summed E-state index contributed by atoms with van der Waals surface area (Å²) in [5.74, 6) is 0. The molecule has 0 aliphatic heterocycles. The van der Waals surface area contributed by atoms with Crippen molar-refractivity contribution >= 4 is 17.3 Å². The molecule has 0 aliphatic carbocycles. The maximum Gasteiger partial charge on any atom is 0.405 e. The van der Waals surface area contributed by atoms with Crippen LogP contribution in [-0.2, 0) is 6.54 Å². The molecule has 0 saturated carbocycles. The standard InChI is InChI=1S/C15H22ClF3N2/c1-4-7-20-9-12-5-6-13(8-14(12)16)21(11(2)3)10-15(17,18)19/h5-6,8,11,20H,4,7,9-10H2,1-3H3. The zero-order valence-corrected chi connectivity index (χ0v) is 13.4. The molecule has 1 aromatic carbocycles. The van der Waals surface area contributed by atoms with Gasteiger partial charge in [0.1, 0.15) is 6.54 Å². The Morgan fingerprint density at radius 1 is 1.29 bits per heavy atom. The van der Waals surface area contributed by atoms with E-state index in [-0.39, 0.29) is 6.04 Å². The topological polar surface area (TPSA) is 15.3 Å². The van der Waals surface area contributed by atoms with Crippen molar-refractivity contribution in [2.24, 2.45) is 0 Å². The maximum atomic E-state index is 12.7. The molecule has 1 aromatic rings. The van der Waals surface area contributed by atoms with Gasteiger partial charge in [-0.2, -0.15) is 13.2 Å². The van der Waals surface area contributed by atoms with Gasteiger partial charge in [0.15, 0.2) is 0 Å². The Hall–Kier alpha value is -0.940. The van der Waals surface area contributed by atoms with E-state index in [0.717, 1.165) is 18.5 Å². The van der Waals surface area contributed by atoms with Crippen molar-refractivity contribution in [3.63, 3.8) is 0 Å². The van der Waals surface area contributed by atoms with E-state index in [1.165, 1.54) is 4.90 Å². The molecule has 0 amide bonds. The fourth-order valence-electron chi connectivity index (χ4n) is 2.02. The van der Waals surface area contributed by atoms with Crippen molar-refractivity contribution in [1.82, 2.24) is 5.32 Å². The second-order valence-electron chi connectivity index (χ2n) is 5.29. The number of hydrogen-bond acceptors (Lipinski definition) is 2. The first-order chi connectivity index (χ1) is 9.74. The lowest BCUT2D eigenvalue weighted by molar-refractivity contribution is -0.120. The minimum Gasteiger partial charge on any atom is -0.360 e. The molecule has 0 aliphatic rings. The Labute approximate surface area is 129 Å². The van der Waals surface area contributed by atoms with E-state index in [2.05, 4.69) is 12.2 Å². The third-order valence-corrected chi connectivity index (χ3v) is 3.44. The Balaban J connectivity index is 2.88. The number of hydrogen-bond donors (Lipinski definition) is 1. The highest BCUT2D eigenvalue weighted by Crippen LogP contribution is 2.28. The van der Waals surface area contributed by atoms with Crippen molar-refractivity contribution in [3.8, 4) is 0 Å². The summed E-state index contributed by atoms with van der Waals surface area (Å²) < 4.78 is 38.0. The van der Waals surface area contributed by atoms with E-state index in [0.29, 0.717) is 17.3 Å². The average Bonchev–Trinajstić information content (AvgIpc) is 2.37. The lowest BCUT2D eigenvalue weighted by atomic mass is 10.1. The van der Waals surface area contributed by atoms with Crippen LogP contribution in [0.4, 0.5) is 18.9 Å². The van der Waals surface area contributed by atoms with Gasteiger partial charge in [-0.3, -0.25) is 0 Å². The smallest absolute Gasteiger partial charge is 0.360 e. The van der Waals surface area contributed by atoms with E-state index in [1.807, 2.05) is 0 Å². The van der Waals surface area contributed by atoms with Crippen LogP contribution < -0.4 is 10.2 Å². The number of nitrogens with one attached hydrogen (secondary N) is 1. The molecule has 1 rings (SSSR count). The summed E-state index contributed by atoms with van der Waals surface area (Å²) in [7, 11) is 0. The molecular formula is C15H22ClF3N2. The molecule has 0 atom stereocenters. The quantitative estimate of drug-likeness (QED) is 0.737. The Kier molecular flexibility index (Phi) is 6.81. The van der Waals surface area contributed by atoms with Gasteiger partial charge in [-0.25, -0.2) is 0 Å². The van der Waals surface area contributed by atoms with E-state index < -0.39 is 12.7 Å². The van der Waals surface area contributed by atoms with Gasteiger partial charge in [-0.15, -0.1) is 0 Å². The number of benzene rings is 1. The molecule has 6 heteroatoms. The van der Waals surface area contributed by atoms with Crippen LogP contribution in [0, 0.1) is 0 Å². The van der Waals surface area contributed by atoms with Gasteiger partial charge in [0.2, 0.25) is 0 Å². The summed E-state index contributed by atoms with van der Waals surface area (Å²) in [4.78, 5) is 1.30. The Morgan fingerprint density at radius 3 is 2.43 bits per heavy atom. The highest BCUT2D eigenvalue weighted by atomic mass is 35.5. The first-order valence-electron chi connectivity index (χ1n) is 7.07. The molecule has 0 unspecified atom stereocenters. The summed E-state index contributed by atoms with van der Waals surface area (Å²) in [6.07, 6.45) is -3.22. The van der Waals surface area contributed by atoms with Gasteiger partial charge in [-0.05, 0) is 44.5 Å². The monoisotopic (exact) mass is 322 g/mol. The van der Waals surface area contributed by atoms with E-state index >= 15 is 0 Å². The van der Waals surface area contributed by atoms with E-state index in [9.17, 15) is 13.2 Å². The number of alkyl halides is 3. The van der Waals surface area contributed by atoms with Gasteiger partial charge in [0.25, 0.3) is 0 Å². The van der Waals surface area contributed by atoms with Gasteiger partial charge in [0, 0.05) is 23.3 Å². The summed E-state index contributed by atoms with van der Waals surface area (Å²) in [5.41, 5.74) is 1.39. The van der Waals surface area contributed by atoms with Crippen LogP contribution in [-0.4, -0.2) is 25.3 Å². The molecular weight excluding hydrogens is 301 g/mol. The van der Waals surface area contributed by atoms with Crippen molar-refractivity contribution in [1.29, 1.82) is 0 Å². The highest BCUT2D eigenvalue weighted by molar-refractivity contribution is 6.31. The molecule has 2 nitrogen and oxygen atoms in total. The normalized spacial score (nSPS) is 12.0. The average molecular weight is 323 g/mol. The summed E-state index contributed by atoms with van der Waals surface area (Å²) in [5, 5.41) is 3.71. The van der Waals surface area contributed by atoms with E-state index in [4.69, 9.17) is 11.6 Å². The minimum absolute atomic E-state index is 0.258. The van der Waals surface area contributed by atoms with Crippen LogP contribution in [0.25, 0.3) is 0 Å². The SMILES string of the molecule is CCCNCc1ccc(N(CC(F)(F)F)C(C)C)cc1Cl. The van der Waals surface area contributed by atoms with Gasteiger partial charge < -0.3 is 10.2 Å². The molecule has 120 valence electrons. The minimum atomic E-state index is -4.24. The van der Waals surface area contributed by atoms with Gasteiger partial charge in [-0.1, -0.05) is 24.6 Å². The van der Waals surface area contributed by atoms with Crippen molar-refractivity contribution < 1.29 is 13.2 Å². The molecule has 0 aromatic heterocycles. The second kappa shape index (κ2) is 7.90. The van der Waals surface area contributed by atoms with Crippen molar-refractivity contribution in [2.45, 2.75) is 46.0 Å². The molecule has 1 N–H and O–H groups in total. The molecule has 0 saturated heterocycles. The Bertz CT molecular complexity index is 447. The van der Waals surface area contributed by atoms with Crippen molar-refractivity contribution in [3.05, 3.63) is 28.8 Å². The zero-order valence-electron chi connectivity index (χ0n) is 12.6. The number of nitrogens with zero attached hydrogens (tertiary/aromatic N) is 1. The van der Waals surface area contributed by atoms with Crippen LogP contribution in [0.2, 0.25) is 5.02 Å². The van der Waals surface area contributed by atoms with Gasteiger partial charge >= 0.3 is 6.18 Å². The molecule has 0 radical (unpaired) electrons. The predicted molar refractivity (Wildman–Crippen MR) is 82.0 cm³/mol. The molecule has 21 heavy (non-hydrogen) atoms. The third kappa shape index (κ3) is 6.14. The molecule has 0 heterocycles. The van der Waals surface area contributed by atoms with Crippen LogP contribution in [0.1, 0.15) is 32.8 Å². The number of halogens is 4. The number of rotatable bonds is 7. The molecule has 0 fully saturated rings. The fourth-order valence-corrected chi connectivity index (χ4v) is 2.26. The van der Waals surface area contributed by atoms with Crippen LogP contribution >= 0.6 is 11.6 Å². The lowest BCUT2D eigenvalue weighted by Crippen LogP contribution is -2.39. The first-order valence-corrected chi connectivity index (χ1v) is 7.45. The summed E-state index contributed by atoms with van der Waals surface area (Å²) in [6, 6.07) is 4.83.